The maximum atomic E-state index is 12.7. The van der Waals surface area contributed by atoms with Gasteiger partial charge in [-0.3, -0.25) is 4.79 Å². The lowest BCUT2D eigenvalue weighted by molar-refractivity contribution is -0.131. The average molecular weight is 480 g/mol. The molecule has 0 N–H and O–H groups in total. The Hall–Kier alpha value is -3.27. The third-order valence-corrected chi connectivity index (χ3v) is 7.52. The van der Waals surface area contributed by atoms with Crippen LogP contribution in [0.4, 0.5) is 5.82 Å². The maximum absolute atomic E-state index is 12.7. The Labute approximate surface area is 202 Å². The topological polar surface area (TPSA) is 89.3 Å². The SMILES string of the molecule is CC(C)(C)c1cc2c(N3CCN(C(=O)CCCOn4nnc5ccccc54)CC3)ncnc2s1. The van der Waals surface area contributed by atoms with E-state index in [1.54, 1.807) is 17.7 Å². The second-order valence-corrected chi connectivity index (χ2v) is 10.6. The van der Waals surface area contributed by atoms with E-state index in [-0.39, 0.29) is 11.3 Å². The summed E-state index contributed by atoms with van der Waals surface area (Å²) in [5.41, 5.74) is 1.69. The van der Waals surface area contributed by atoms with E-state index in [2.05, 4.69) is 52.0 Å². The summed E-state index contributed by atoms with van der Waals surface area (Å²) in [7, 11) is 0. The number of nitrogens with zero attached hydrogens (tertiary/aromatic N) is 7. The first kappa shape index (κ1) is 22.5. The van der Waals surface area contributed by atoms with Gasteiger partial charge in [0.25, 0.3) is 0 Å². The van der Waals surface area contributed by atoms with Crippen LogP contribution in [0.2, 0.25) is 0 Å². The van der Waals surface area contributed by atoms with Gasteiger partial charge in [-0.2, -0.15) is 0 Å². The molecule has 3 aromatic heterocycles. The number of rotatable bonds is 6. The van der Waals surface area contributed by atoms with Gasteiger partial charge in [-0.05, 0) is 35.2 Å². The Morgan fingerprint density at radius 3 is 2.71 bits per heavy atom. The first-order valence-electron chi connectivity index (χ1n) is 11.6. The van der Waals surface area contributed by atoms with Gasteiger partial charge >= 0.3 is 0 Å². The van der Waals surface area contributed by atoms with Crippen molar-refractivity contribution >= 4 is 44.3 Å². The fourth-order valence-corrected chi connectivity index (χ4v) is 5.16. The van der Waals surface area contributed by atoms with E-state index in [9.17, 15) is 4.79 Å². The van der Waals surface area contributed by atoms with Crippen LogP contribution in [0.3, 0.4) is 0 Å². The van der Waals surface area contributed by atoms with Crippen LogP contribution in [0.5, 0.6) is 0 Å². The molecule has 1 amide bonds. The van der Waals surface area contributed by atoms with E-state index < -0.39 is 0 Å². The zero-order valence-corrected chi connectivity index (χ0v) is 20.6. The second-order valence-electron chi connectivity index (χ2n) is 9.53. The lowest BCUT2D eigenvalue weighted by atomic mass is 9.94. The van der Waals surface area contributed by atoms with Crippen LogP contribution in [-0.4, -0.2) is 68.7 Å². The number of hydrogen-bond acceptors (Lipinski definition) is 8. The van der Waals surface area contributed by atoms with Crippen molar-refractivity contribution in [3.8, 4) is 0 Å². The van der Waals surface area contributed by atoms with Gasteiger partial charge in [-0.25, -0.2) is 9.97 Å². The molecular formula is C24H29N7O2S. The number of anilines is 1. The van der Waals surface area contributed by atoms with E-state index in [1.165, 1.54) is 9.72 Å². The van der Waals surface area contributed by atoms with Crippen molar-refractivity contribution in [2.24, 2.45) is 0 Å². The first-order chi connectivity index (χ1) is 16.4. The van der Waals surface area contributed by atoms with Gasteiger partial charge < -0.3 is 14.6 Å². The number of thiophene rings is 1. The molecule has 0 saturated carbocycles. The Morgan fingerprint density at radius 1 is 1.12 bits per heavy atom. The quantitative estimate of drug-likeness (QED) is 0.392. The summed E-state index contributed by atoms with van der Waals surface area (Å²) in [5, 5.41) is 9.19. The number of aromatic nitrogens is 5. The zero-order chi connectivity index (χ0) is 23.7. The van der Waals surface area contributed by atoms with Crippen LogP contribution >= 0.6 is 11.3 Å². The number of amides is 1. The van der Waals surface area contributed by atoms with E-state index >= 15 is 0 Å². The van der Waals surface area contributed by atoms with Crippen molar-refractivity contribution < 1.29 is 9.63 Å². The molecule has 1 saturated heterocycles. The number of hydrogen-bond donors (Lipinski definition) is 0. The summed E-state index contributed by atoms with van der Waals surface area (Å²) >= 11 is 1.73. The molecule has 1 fully saturated rings. The average Bonchev–Trinajstić information content (AvgIpc) is 3.46. The third-order valence-electron chi connectivity index (χ3n) is 6.05. The zero-order valence-electron chi connectivity index (χ0n) is 19.8. The monoisotopic (exact) mass is 479 g/mol. The summed E-state index contributed by atoms with van der Waals surface area (Å²) in [4.78, 5) is 35.5. The Kier molecular flexibility index (Phi) is 6.07. The smallest absolute Gasteiger partial charge is 0.222 e. The van der Waals surface area contributed by atoms with Gasteiger partial charge in [0.15, 0.2) is 0 Å². The molecule has 0 spiro atoms. The Morgan fingerprint density at radius 2 is 1.91 bits per heavy atom. The standard InChI is InChI=1S/C24H29N7O2S/c1-24(2,3)20-15-17-22(25-16-26-23(17)34-20)30-12-10-29(11-13-30)21(32)9-6-14-33-31-19-8-5-4-7-18(19)27-28-31/h4-5,7-8,15-16H,6,9-14H2,1-3H3. The van der Waals surface area contributed by atoms with Gasteiger partial charge in [0.2, 0.25) is 5.91 Å². The minimum Gasteiger partial charge on any atom is -0.395 e. The number of fused-ring (bicyclic) bond motifs is 2. The normalized spacial score (nSPS) is 14.8. The summed E-state index contributed by atoms with van der Waals surface area (Å²) < 4.78 is 0. The number of piperazine rings is 1. The van der Waals surface area contributed by atoms with Gasteiger partial charge in [0.1, 0.15) is 34.6 Å². The van der Waals surface area contributed by atoms with Crippen LogP contribution in [0, 0.1) is 0 Å². The molecule has 0 radical (unpaired) electrons. The highest BCUT2D eigenvalue weighted by atomic mass is 32.1. The van der Waals surface area contributed by atoms with Gasteiger partial charge in [-0.1, -0.05) is 37.7 Å². The van der Waals surface area contributed by atoms with E-state index in [0.717, 1.165) is 40.2 Å². The van der Waals surface area contributed by atoms with E-state index in [1.807, 2.05) is 29.2 Å². The first-order valence-corrected chi connectivity index (χ1v) is 12.4. The highest BCUT2D eigenvalue weighted by Crippen LogP contribution is 2.36. The summed E-state index contributed by atoms with van der Waals surface area (Å²) in [6, 6.07) is 9.86. The molecule has 5 rings (SSSR count). The van der Waals surface area contributed by atoms with Crippen molar-refractivity contribution in [3.05, 3.63) is 41.5 Å². The van der Waals surface area contributed by atoms with E-state index in [4.69, 9.17) is 4.84 Å². The molecule has 10 heteroatoms. The molecule has 1 aliphatic rings. The molecule has 4 heterocycles. The summed E-state index contributed by atoms with van der Waals surface area (Å²) in [5.74, 6) is 1.13. The van der Waals surface area contributed by atoms with Crippen molar-refractivity contribution in [2.45, 2.75) is 39.0 Å². The fraction of sp³-hybridized carbons (Fsp3) is 0.458. The minimum absolute atomic E-state index is 0.0818. The molecule has 9 nitrogen and oxygen atoms in total. The van der Waals surface area contributed by atoms with Crippen LogP contribution in [0.15, 0.2) is 36.7 Å². The molecule has 4 aromatic rings. The lowest BCUT2D eigenvalue weighted by Crippen LogP contribution is -2.49. The second kappa shape index (κ2) is 9.17. The van der Waals surface area contributed by atoms with Gasteiger partial charge in [0, 0.05) is 37.5 Å². The highest BCUT2D eigenvalue weighted by molar-refractivity contribution is 7.18. The van der Waals surface area contributed by atoms with Crippen LogP contribution < -0.4 is 9.74 Å². The molecule has 1 aromatic carbocycles. The molecule has 0 unspecified atom stereocenters. The predicted molar refractivity (Wildman–Crippen MR) is 133 cm³/mol. The number of para-hydroxylation sites is 1. The number of carbonyl (C=O) groups excluding carboxylic acids is 1. The number of carbonyl (C=O) groups is 1. The molecule has 0 bridgehead atoms. The Balaban J connectivity index is 1.13. The molecule has 1 aliphatic heterocycles. The Bertz CT molecular complexity index is 1300. The van der Waals surface area contributed by atoms with Crippen LogP contribution in [-0.2, 0) is 10.2 Å². The largest absolute Gasteiger partial charge is 0.395 e. The highest BCUT2D eigenvalue weighted by Gasteiger charge is 2.25. The van der Waals surface area contributed by atoms with Crippen molar-refractivity contribution in [1.82, 2.24) is 30.0 Å². The van der Waals surface area contributed by atoms with Crippen LogP contribution in [0.1, 0.15) is 38.5 Å². The maximum Gasteiger partial charge on any atom is 0.222 e. The van der Waals surface area contributed by atoms with Crippen molar-refractivity contribution in [2.75, 3.05) is 37.7 Å². The third kappa shape index (κ3) is 4.54. The molecule has 178 valence electrons. The van der Waals surface area contributed by atoms with E-state index in [0.29, 0.717) is 32.5 Å². The minimum atomic E-state index is 0.0818. The number of benzene rings is 1. The van der Waals surface area contributed by atoms with Gasteiger partial charge in [0.05, 0.1) is 5.39 Å². The fourth-order valence-electron chi connectivity index (χ4n) is 4.11. The van der Waals surface area contributed by atoms with Crippen molar-refractivity contribution in [3.63, 3.8) is 0 Å². The molecule has 0 aliphatic carbocycles. The van der Waals surface area contributed by atoms with Gasteiger partial charge in [-0.15, -0.1) is 16.4 Å². The predicted octanol–water partition coefficient (Wildman–Crippen LogP) is 3.29. The molecule has 0 atom stereocenters. The van der Waals surface area contributed by atoms with Crippen molar-refractivity contribution in [1.29, 1.82) is 0 Å². The lowest BCUT2D eigenvalue weighted by Gasteiger charge is -2.35. The molecular weight excluding hydrogens is 450 g/mol. The summed E-state index contributed by atoms with van der Waals surface area (Å²) in [6.45, 7) is 9.97. The van der Waals surface area contributed by atoms with Crippen LogP contribution in [0.25, 0.3) is 21.3 Å². The summed E-state index contributed by atoms with van der Waals surface area (Å²) in [6.07, 6.45) is 2.73. The molecule has 34 heavy (non-hydrogen) atoms.